The van der Waals surface area contributed by atoms with Crippen LogP contribution in [-0.4, -0.2) is 49.2 Å². The van der Waals surface area contributed by atoms with Crippen LogP contribution in [0, 0.1) is 11.8 Å². The molecule has 6 heteroatoms. The van der Waals surface area contributed by atoms with E-state index in [-0.39, 0.29) is 30.8 Å². The first-order chi connectivity index (χ1) is 11.4. The van der Waals surface area contributed by atoms with Gasteiger partial charge in [-0.3, -0.25) is 4.79 Å². The summed E-state index contributed by atoms with van der Waals surface area (Å²) in [7, 11) is -3.56. The minimum absolute atomic E-state index is 0.0564. The number of amides is 1. The lowest BCUT2D eigenvalue weighted by Gasteiger charge is -2.34. The smallest absolute Gasteiger partial charge is 0.243 e. The molecule has 0 N–H and O–H groups in total. The van der Waals surface area contributed by atoms with Crippen molar-refractivity contribution in [1.29, 1.82) is 0 Å². The van der Waals surface area contributed by atoms with Gasteiger partial charge in [-0.2, -0.15) is 4.31 Å². The van der Waals surface area contributed by atoms with Crippen LogP contribution >= 0.6 is 0 Å². The van der Waals surface area contributed by atoms with Crippen LogP contribution in [0.2, 0.25) is 0 Å². The second-order valence-electron chi connectivity index (χ2n) is 7.23. The van der Waals surface area contributed by atoms with E-state index >= 15 is 0 Å². The van der Waals surface area contributed by atoms with Crippen molar-refractivity contribution in [2.24, 2.45) is 11.8 Å². The lowest BCUT2D eigenvalue weighted by Crippen LogP contribution is -2.48. The van der Waals surface area contributed by atoms with Gasteiger partial charge in [0.25, 0.3) is 0 Å². The van der Waals surface area contributed by atoms with Crippen molar-refractivity contribution in [3.63, 3.8) is 0 Å². The number of hydrogen-bond acceptors (Lipinski definition) is 3. The Balaban J connectivity index is 1.86. The van der Waals surface area contributed by atoms with E-state index in [1.165, 1.54) is 17.1 Å². The lowest BCUT2D eigenvalue weighted by atomic mass is 10.0. The highest BCUT2D eigenvalue weighted by Crippen LogP contribution is 2.32. The molecule has 1 aliphatic heterocycles. The molecule has 0 bridgehead atoms. The van der Waals surface area contributed by atoms with Gasteiger partial charge in [-0.15, -0.1) is 0 Å². The number of rotatable bonds is 5. The molecule has 0 spiro atoms. The highest BCUT2D eigenvalue weighted by atomic mass is 32.2. The average molecular weight is 350 g/mol. The number of hydrogen-bond donors (Lipinski definition) is 0. The molecular formula is C18H26N2O3S. The second kappa shape index (κ2) is 6.84. The molecule has 0 radical (unpaired) electrons. The lowest BCUT2D eigenvalue weighted by molar-refractivity contribution is -0.133. The molecule has 1 aromatic rings. The quantitative estimate of drug-likeness (QED) is 0.819. The summed E-state index contributed by atoms with van der Waals surface area (Å²) in [5.74, 6) is 0.915. The van der Waals surface area contributed by atoms with Crippen molar-refractivity contribution < 1.29 is 13.2 Å². The zero-order chi connectivity index (χ0) is 17.3. The molecule has 1 amide bonds. The fraction of sp³-hybridized carbons (Fsp3) is 0.611. The van der Waals surface area contributed by atoms with Gasteiger partial charge in [0.1, 0.15) is 0 Å². The molecule has 1 atom stereocenters. The van der Waals surface area contributed by atoms with Gasteiger partial charge in [0.2, 0.25) is 15.9 Å². The van der Waals surface area contributed by atoms with Crippen LogP contribution in [0.15, 0.2) is 35.2 Å². The number of benzene rings is 1. The van der Waals surface area contributed by atoms with Crippen molar-refractivity contribution in [2.75, 3.05) is 19.6 Å². The van der Waals surface area contributed by atoms with Crippen LogP contribution in [0.3, 0.4) is 0 Å². The molecule has 1 unspecified atom stereocenters. The van der Waals surface area contributed by atoms with Gasteiger partial charge >= 0.3 is 0 Å². The molecule has 1 saturated heterocycles. The molecule has 2 aliphatic rings. The van der Waals surface area contributed by atoms with Crippen LogP contribution in [0.4, 0.5) is 0 Å². The molecule has 1 saturated carbocycles. The molecule has 1 heterocycles. The summed E-state index contributed by atoms with van der Waals surface area (Å²) in [4.78, 5) is 14.9. The Hall–Kier alpha value is -1.40. The van der Waals surface area contributed by atoms with E-state index in [0.29, 0.717) is 17.4 Å². The van der Waals surface area contributed by atoms with Crippen LogP contribution < -0.4 is 0 Å². The van der Waals surface area contributed by atoms with Gasteiger partial charge in [0.15, 0.2) is 0 Å². The minimum Gasteiger partial charge on any atom is -0.338 e. The maximum atomic E-state index is 13.0. The van der Waals surface area contributed by atoms with Crippen LogP contribution in [0.5, 0.6) is 0 Å². The summed E-state index contributed by atoms with van der Waals surface area (Å²) in [5, 5.41) is 0. The Labute approximate surface area is 144 Å². The highest BCUT2D eigenvalue weighted by molar-refractivity contribution is 7.89. The minimum atomic E-state index is -3.56. The molecular weight excluding hydrogens is 324 g/mol. The van der Waals surface area contributed by atoms with E-state index in [0.717, 1.165) is 6.54 Å². The van der Waals surface area contributed by atoms with Gasteiger partial charge in [-0.05, 0) is 36.8 Å². The summed E-state index contributed by atoms with van der Waals surface area (Å²) >= 11 is 0. The van der Waals surface area contributed by atoms with Crippen molar-refractivity contribution >= 4 is 15.9 Å². The Kier molecular flexibility index (Phi) is 4.97. The van der Waals surface area contributed by atoms with E-state index in [2.05, 4.69) is 13.8 Å². The summed E-state index contributed by atoms with van der Waals surface area (Å²) in [6.07, 6.45) is 2.63. The zero-order valence-corrected chi connectivity index (χ0v) is 15.2. The molecule has 24 heavy (non-hydrogen) atoms. The fourth-order valence-corrected chi connectivity index (χ4v) is 4.77. The maximum Gasteiger partial charge on any atom is 0.243 e. The molecule has 5 nitrogen and oxygen atoms in total. The number of carbonyl (C=O) groups excluding carboxylic acids is 1. The van der Waals surface area contributed by atoms with Gasteiger partial charge in [-0.25, -0.2) is 8.42 Å². The first-order valence-corrected chi connectivity index (χ1v) is 10.2. The van der Waals surface area contributed by atoms with Gasteiger partial charge in [0.05, 0.1) is 4.90 Å². The summed E-state index contributed by atoms with van der Waals surface area (Å²) < 4.78 is 27.4. The van der Waals surface area contributed by atoms with E-state index in [1.807, 2.05) is 4.90 Å². The molecule has 2 fully saturated rings. The molecule has 1 aromatic carbocycles. The van der Waals surface area contributed by atoms with Gasteiger partial charge in [-0.1, -0.05) is 32.0 Å². The van der Waals surface area contributed by atoms with E-state index in [1.54, 1.807) is 30.3 Å². The standard InChI is InChI=1S/C18H26N2O3S/c1-14(2)17-13-19(24(22,23)16-6-4-3-5-7-16)11-10-18(21)20(17)12-15-8-9-15/h3-7,14-15,17H,8-13H2,1-2H3. The predicted molar refractivity (Wildman–Crippen MR) is 92.9 cm³/mol. The maximum absolute atomic E-state index is 13.0. The van der Waals surface area contributed by atoms with Crippen molar-refractivity contribution in [2.45, 2.75) is 44.0 Å². The number of sulfonamides is 1. The number of carbonyl (C=O) groups is 1. The first kappa shape index (κ1) is 17.4. The zero-order valence-electron chi connectivity index (χ0n) is 14.4. The molecule has 0 aromatic heterocycles. The Morgan fingerprint density at radius 2 is 1.83 bits per heavy atom. The van der Waals surface area contributed by atoms with Gasteiger partial charge < -0.3 is 4.90 Å². The monoisotopic (exact) mass is 350 g/mol. The van der Waals surface area contributed by atoms with Crippen molar-refractivity contribution in [1.82, 2.24) is 9.21 Å². The Morgan fingerprint density at radius 3 is 2.42 bits per heavy atom. The van der Waals surface area contributed by atoms with Crippen molar-refractivity contribution in [3.8, 4) is 0 Å². The SMILES string of the molecule is CC(C)C1CN(S(=O)(=O)c2ccccc2)CCC(=O)N1CC1CC1. The topological polar surface area (TPSA) is 57.7 Å². The third-order valence-corrected chi connectivity index (χ3v) is 6.87. The van der Waals surface area contributed by atoms with E-state index in [4.69, 9.17) is 0 Å². The number of nitrogens with zero attached hydrogens (tertiary/aromatic N) is 2. The molecule has 3 rings (SSSR count). The molecule has 132 valence electrons. The normalized spacial score (nSPS) is 23.5. The largest absolute Gasteiger partial charge is 0.338 e. The summed E-state index contributed by atoms with van der Waals surface area (Å²) in [6, 6.07) is 8.45. The average Bonchev–Trinajstić information content (AvgIpc) is 3.38. The fourth-order valence-electron chi connectivity index (χ4n) is 3.29. The predicted octanol–water partition coefficient (Wildman–Crippen LogP) is 2.34. The Bertz CT molecular complexity index is 683. The third kappa shape index (κ3) is 3.64. The Morgan fingerprint density at radius 1 is 1.17 bits per heavy atom. The highest BCUT2D eigenvalue weighted by Gasteiger charge is 2.38. The van der Waals surface area contributed by atoms with E-state index in [9.17, 15) is 13.2 Å². The third-order valence-electron chi connectivity index (χ3n) is 4.99. The first-order valence-electron chi connectivity index (χ1n) is 8.74. The molecule has 1 aliphatic carbocycles. The van der Waals surface area contributed by atoms with Crippen LogP contribution in [-0.2, 0) is 14.8 Å². The van der Waals surface area contributed by atoms with Crippen molar-refractivity contribution in [3.05, 3.63) is 30.3 Å². The van der Waals surface area contributed by atoms with Crippen LogP contribution in [0.1, 0.15) is 33.1 Å². The summed E-state index contributed by atoms with van der Waals surface area (Å²) in [5.41, 5.74) is 0. The second-order valence-corrected chi connectivity index (χ2v) is 9.16. The van der Waals surface area contributed by atoms with Crippen LogP contribution in [0.25, 0.3) is 0 Å². The van der Waals surface area contributed by atoms with Gasteiger partial charge in [0, 0.05) is 32.1 Å². The summed E-state index contributed by atoms with van der Waals surface area (Å²) in [6.45, 7) is 5.56. The van der Waals surface area contributed by atoms with E-state index < -0.39 is 10.0 Å².